The summed E-state index contributed by atoms with van der Waals surface area (Å²) in [5.41, 5.74) is 4.66. The number of benzene rings is 1. The van der Waals surface area contributed by atoms with E-state index in [-0.39, 0.29) is 6.03 Å². The number of aryl methyl sites for hydroxylation is 1. The van der Waals surface area contributed by atoms with Crippen LogP contribution < -0.4 is 10.6 Å². The fourth-order valence-corrected chi connectivity index (χ4v) is 4.04. The van der Waals surface area contributed by atoms with Crippen molar-refractivity contribution in [2.45, 2.75) is 52.0 Å². The van der Waals surface area contributed by atoms with Crippen molar-refractivity contribution in [3.05, 3.63) is 57.9 Å². The second-order valence-corrected chi connectivity index (χ2v) is 8.06. The van der Waals surface area contributed by atoms with Gasteiger partial charge in [0.05, 0.1) is 0 Å². The van der Waals surface area contributed by atoms with Gasteiger partial charge >= 0.3 is 6.03 Å². The van der Waals surface area contributed by atoms with E-state index >= 15 is 0 Å². The van der Waals surface area contributed by atoms with Gasteiger partial charge in [-0.25, -0.2) is 9.79 Å². The molecule has 2 heterocycles. The van der Waals surface area contributed by atoms with E-state index in [2.05, 4.69) is 41.7 Å². The summed E-state index contributed by atoms with van der Waals surface area (Å²) in [4.78, 5) is 19.2. The van der Waals surface area contributed by atoms with E-state index in [1.165, 1.54) is 17.7 Å². The highest BCUT2D eigenvalue weighted by Gasteiger charge is 2.17. The summed E-state index contributed by atoms with van der Waals surface area (Å²) in [6.07, 6.45) is 10.3. The Balaban J connectivity index is 1.40. The third-order valence-electron chi connectivity index (χ3n) is 5.40. The van der Waals surface area contributed by atoms with Crippen LogP contribution in [0.4, 0.5) is 4.79 Å². The lowest BCUT2D eigenvalue weighted by atomic mass is 10.1. The van der Waals surface area contributed by atoms with Crippen molar-refractivity contribution >= 4 is 23.3 Å². The molecule has 0 aliphatic carbocycles. The molecule has 0 spiro atoms. The largest absolute Gasteiger partial charge is 0.359 e. The Hall–Kier alpha value is -2.27. The van der Waals surface area contributed by atoms with Crippen LogP contribution in [0.5, 0.6) is 0 Å². The van der Waals surface area contributed by atoms with Crippen LogP contribution in [0.3, 0.4) is 0 Å². The Morgan fingerprint density at radius 3 is 2.97 bits per heavy atom. The molecule has 1 aromatic rings. The number of urea groups is 1. The first-order chi connectivity index (χ1) is 14.1. The van der Waals surface area contributed by atoms with Crippen LogP contribution in [-0.4, -0.2) is 36.8 Å². The molecule has 6 heteroatoms. The summed E-state index contributed by atoms with van der Waals surface area (Å²) < 4.78 is 0. The number of carbonyl (C=O) groups excluding carboxylic acids is 1. The van der Waals surface area contributed by atoms with E-state index in [1.54, 1.807) is 0 Å². The number of aliphatic imine (C=N–C) groups is 1. The van der Waals surface area contributed by atoms with Crippen LogP contribution in [0.15, 0.2) is 46.7 Å². The van der Waals surface area contributed by atoms with Crippen molar-refractivity contribution in [1.29, 1.82) is 0 Å². The molecular formula is C23H31ClN4O. The molecule has 0 fully saturated rings. The second kappa shape index (κ2) is 10.5. The number of halogens is 1. The maximum Gasteiger partial charge on any atom is 0.315 e. The zero-order chi connectivity index (χ0) is 20.6. The molecule has 5 nitrogen and oxygen atoms in total. The fraction of sp³-hybridized carbons (Fsp3) is 0.478. The molecule has 2 N–H and O–H groups in total. The number of nitrogens with one attached hydrogen (secondary N) is 2. The normalized spacial score (nSPS) is 16.2. The Morgan fingerprint density at radius 2 is 2.17 bits per heavy atom. The lowest BCUT2D eigenvalue weighted by Gasteiger charge is -2.26. The summed E-state index contributed by atoms with van der Waals surface area (Å²) in [7, 11) is 2.11. The molecular weight excluding hydrogens is 384 g/mol. The first-order valence-corrected chi connectivity index (χ1v) is 10.9. The SMILES string of the molecule is CCc1ccc(CNC(=O)NCCCC2=NC3=C(C=CC2)CCCN3C)cc1Cl. The number of carbonyl (C=O) groups is 1. The third-order valence-corrected chi connectivity index (χ3v) is 5.76. The van der Waals surface area contributed by atoms with E-state index in [1.807, 2.05) is 18.2 Å². The quantitative estimate of drug-likeness (QED) is 0.628. The second-order valence-electron chi connectivity index (χ2n) is 7.65. The van der Waals surface area contributed by atoms with Gasteiger partial charge in [-0.15, -0.1) is 0 Å². The molecule has 0 atom stereocenters. The molecule has 156 valence electrons. The minimum absolute atomic E-state index is 0.152. The van der Waals surface area contributed by atoms with Gasteiger partial charge < -0.3 is 15.5 Å². The summed E-state index contributed by atoms with van der Waals surface area (Å²) in [5, 5.41) is 6.58. The van der Waals surface area contributed by atoms with Crippen molar-refractivity contribution < 1.29 is 4.79 Å². The van der Waals surface area contributed by atoms with E-state index in [0.717, 1.165) is 60.6 Å². The smallest absolute Gasteiger partial charge is 0.315 e. The number of hydrogen-bond acceptors (Lipinski definition) is 3. The number of rotatable bonds is 7. The predicted octanol–water partition coefficient (Wildman–Crippen LogP) is 4.82. The highest BCUT2D eigenvalue weighted by molar-refractivity contribution is 6.31. The average Bonchev–Trinajstić information content (AvgIpc) is 2.93. The minimum Gasteiger partial charge on any atom is -0.359 e. The minimum atomic E-state index is -0.152. The standard InChI is InChI=1S/C23H31ClN4O/c1-3-18-12-11-17(15-21(18)24)16-26-23(29)25-13-5-10-20-9-4-7-19-8-6-14-28(2)22(19)27-20/h4,7,11-12,15H,3,5-6,8-10,13-14,16H2,1-2H3,(H2,25,26,29). The Bertz CT molecular complexity index is 828. The Labute approximate surface area is 178 Å². The first kappa shape index (κ1) is 21.4. The van der Waals surface area contributed by atoms with Gasteiger partial charge in [-0.1, -0.05) is 42.8 Å². The third kappa shape index (κ3) is 6.10. The number of allylic oxidation sites excluding steroid dienone is 3. The van der Waals surface area contributed by atoms with E-state index < -0.39 is 0 Å². The van der Waals surface area contributed by atoms with Crippen molar-refractivity contribution in [2.75, 3.05) is 20.1 Å². The van der Waals surface area contributed by atoms with Gasteiger partial charge in [0.15, 0.2) is 0 Å². The fourth-order valence-electron chi connectivity index (χ4n) is 3.70. The van der Waals surface area contributed by atoms with Crippen molar-refractivity contribution in [3.63, 3.8) is 0 Å². The van der Waals surface area contributed by atoms with Crippen molar-refractivity contribution in [3.8, 4) is 0 Å². The van der Waals surface area contributed by atoms with Crippen molar-refractivity contribution in [2.24, 2.45) is 4.99 Å². The van der Waals surface area contributed by atoms with Crippen LogP contribution in [0.25, 0.3) is 0 Å². The van der Waals surface area contributed by atoms with Crippen LogP contribution in [-0.2, 0) is 13.0 Å². The van der Waals surface area contributed by atoms with Crippen LogP contribution in [0.1, 0.15) is 50.2 Å². The van der Waals surface area contributed by atoms with Crippen LogP contribution in [0.2, 0.25) is 5.02 Å². The molecule has 2 aliphatic rings. The van der Waals surface area contributed by atoms with Crippen LogP contribution >= 0.6 is 11.6 Å². The molecule has 3 rings (SSSR count). The zero-order valence-corrected chi connectivity index (χ0v) is 18.2. The van der Waals surface area contributed by atoms with E-state index in [9.17, 15) is 4.79 Å². The monoisotopic (exact) mass is 414 g/mol. The highest BCUT2D eigenvalue weighted by Crippen LogP contribution is 2.26. The molecule has 0 saturated carbocycles. The molecule has 29 heavy (non-hydrogen) atoms. The first-order valence-electron chi connectivity index (χ1n) is 10.5. The molecule has 2 aliphatic heterocycles. The summed E-state index contributed by atoms with van der Waals surface area (Å²) in [5.74, 6) is 1.12. The maximum absolute atomic E-state index is 12.1. The number of hydrogen-bond donors (Lipinski definition) is 2. The summed E-state index contributed by atoms with van der Waals surface area (Å²) >= 11 is 6.23. The van der Waals surface area contributed by atoms with Gasteiger partial charge in [-0.05, 0) is 54.9 Å². The number of nitrogens with zero attached hydrogens (tertiary/aromatic N) is 2. The van der Waals surface area contributed by atoms with Gasteiger partial charge in [0.1, 0.15) is 5.82 Å². The van der Waals surface area contributed by atoms with Crippen LogP contribution in [0, 0.1) is 0 Å². The molecule has 0 radical (unpaired) electrons. The van der Waals surface area contributed by atoms with Gasteiger partial charge in [-0.3, -0.25) is 0 Å². The van der Waals surface area contributed by atoms with E-state index in [4.69, 9.17) is 16.6 Å². The predicted molar refractivity (Wildman–Crippen MR) is 120 cm³/mol. The zero-order valence-electron chi connectivity index (χ0n) is 17.4. The van der Waals surface area contributed by atoms with E-state index in [0.29, 0.717) is 13.1 Å². The lowest BCUT2D eigenvalue weighted by molar-refractivity contribution is 0.240. The maximum atomic E-state index is 12.1. The molecule has 0 saturated heterocycles. The van der Waals surface area contributed by atoms with Crippen molar-refractivity contribution in [1.82, 2.24) is 15.5 Å². The lowest BCUT2D eigenvalue weighted by Crippen LogP contribution is -2.35. The summed E-state index contributed by atoms with van der Waals surface area (Å²) in [6, 6.07) is 5.79. The molecule has 0 bridgehead atoms. The van der Waals surface area contributed by atoms with Gasteiger partial charge in [0, 0.05) is 43.8 Å². The Morgan fingerprint density at radius 1 is 1.31 bits per heavy atom. The molecule has 0 aromatic heterocycles. The van der Waals surface area contributed by atoms with Gasteiger partial charge in [0.25, 0.3) is 0 Å². The highest BCUT2D eigenvalue weighted by atomic mass is 35.5. The Kier molecular flexibility index (Phi) is 7.76. The molecule has 2 amide bonds. The summed E-state index contributed by atoms with van der Waals surface area (Å²) in [6.45, 7) is 4.24. The van der Waals surface area contributed by atoms with Gasteiger partial charge in [0.2, 0.25) is 0 Å². The molecule has 0 unspecified atom stereocenters. The van der Waals surface area contributed by atoms with Gasteiger partial charge in [-0.2, -0.15) is 0 Å². The molecule has 1 aromatic carbocycles. The average molecular weight is 415 g/mol. The topological polar surface area (TPSA) is 56.7 Å². The number of amides is 2.